The summed E-state index contributed by atoms with van der Waals surface area (Å²) in [5.74, 6) is 0. The number of hydrogen-bond donors (Lipinski definition) is 0. The van der Waals surface area contributed by atoms with Gasteiger partial charge in [0.1, 0.15) is 0 Å². The average molecular weight is 204 g/mol. The maximum absolute atomic E-state index is 6.06. The largest absolute Gasteiger partial charge is 0.458 e. The van der Waals surface area contributed by atoms with E-state index in [4.69, 9.17) is 4.12 Å². The lowest BCUT2D eigenvalue weighted by Crippen LogP contribution is -2.32. The minimum absolute atomic E-state index is 0.797. The van der Waals surface area contributed by atoms with E-state index in [1.165, 1.54) is 25.3 Å². The van der Waals surface area contributed by atoms with Gasteiger partial charge in [0, 0.05) is 0 Å². The number of hydrogen-bond acceptors (Lipinski definition) is 1. The van der Waals surface area contributed by atoms with Crippen molar-refractivity contribution in [1.82, 2.24) is 0 Å². The normalized spacial score (nSPS) is 14.8. The predicted molar refractivity (Wildman–Crippen MR) is 61.8 cm³/mol. The highest BCUT2D eigenvalue weighted by Gasteiger charge is 2.17. The van der Waals surface area contributed by atoms with Crippen molar-refractivity contribution < 1.29 is 4.12 Å². The van der Waals surface area contributed by atoms with Crippen molar-refractivity contribution in [1.29, 1.82) is 0 Å². The summed E-state index contributed by atoms with van der Waals surface area (Å²) in [6.07, 6.45) is 4.09. The van der Waals surface area contributed by atoms with Crippen LogP contribution >= 0.6 is 0 Å². The second kappa shape index (κ2) is 5.94. The zero-order chi connectivity index (χ0) is 9.61. The first-order chi connectivity index (χ1) is 5.45. The van der Waals surface area contributed by atoms with Crippen molar-refractivity contribution in [3.63, 3.8) is 0 Å². The van der Waals surface area contributed by atoms with Gasteiger partial charge in [-0.15, -0.1) is 0 Å². The molecule has 0 aromatic heterocycles. The third kappa shape index (κ3) is 8.49. The van der Waals surface area contributed by atoms with Crippen LogP contribution in [0.1, 0.15) is 26.2 Å². The standard InChI is InChI=1S/C9H24OSi2/c1-6-7-8-9-11(2)10-12(3,4)5/h11H,6-9H2,1-5H3. The van der Waals surface area contributed by atoms with Crippen molar-refractivity contribution in [2.75, 3.05) is 0 Å². The molecule has 0 saturated carbocycles. The number of rotatable bonds is 6. The fourth-order valence-corrected chi connectivity index (χ4v) is 7.51. The Morgan fingerprint density at radius 2 is 1.75 bits per heavy atom. The van der Waals surface area contributed by atoms with Crippen LogP contribution in [0.5, 0.6) is 0 Å². The van der Waals surface area contributed by atoms with Crippen LogP contribution in [0.3, 0.4) is 0 Å². The van der Waals surface area contributed by atoms with Crippen molar-refractivity contribution in [3.8, 4) is 0 Å². The lowest BCUT2D eigenvalue weighted by molar-refractivity contribution is 0.566. The van der Waals surface area contributed by atoms with E-state index in [1.54, 1.807) is 0 Å². The Morgan fingerprint density at radius 1 is 1.17 bits per heavy atom. The minimum Gasteiger partial charge on any atom is -0.458 e. The molecular weight excluding hydrogens is 180 g/mol. The topological polar surface area (TPSA) is 9.23 Å². The molecule has 0 N–H and O–H groups in total. The Hall–Kier alpha value is 0.394. The molecule has 0 rings (SSSR count). The summed E-state index contributed by atoms with van der Waals surface area (Å²) in [7, 11) is -2.02. The van der Waals surface area contributed by atoms with E-state index in [0.29, 0.717) is 0 Å². The molecule has 0 amide bonds. The maximum atomic E-state index is 6.06. The first-order valence-corrected chi connectivity index (χ1v) is 11.0. The molecule has 1 nitrogen and oxygen atoms in total. The fourth-order valence-electron chi connectivity index (χ4n) is 1.34. The maximum Gasteiger partial charge on any atom is 0.170 e. The van der Waals surface area contributed by atoms with Crippen LogP contribution in [0, 0.1) is 0 Å². The van der Waals surface area contributed by atoms with E-state index in [0.717, 1.165) is 0 Å². The monoisotopic (exact) mass is 204 g/mol. The molecule has 74 valence electrons. The van der Waals surface area contributed by atoms with Gasteiger partial charge in [-0.3, -0.25) is 0 Å². The lowest BCUT2D eigenvalue weighted by atomic mass is 10.3. The molecule has 0 bridgehead atoms. The van der Waals surface area contributed by atoms with Crippen molar-refractivity contribution >= 4 is 17.4 Å². The van der Waals surface area contributed by atoms with Gasteiger partial charge in [-0.1, -0.05) is 26.2 Å². The molecular formula is C9H24OSi2. The molecule has 0 aliphatic carbocycles. The molecule has 1 unspecified atom stereocenters. The second-order valence-corrected chi connectivity index (χ2v) is 11.9. The second-order valence-electron chi connectivity index (χ2n) is 4.54. The van der Waals surface area contributed by atoms with Crippen LogP contribution in [0.15, 0.2) is 0 Å². The highest BCUT2D eigenvalue weighted by atomic mass is 28.4. The van der Waals surface area contributed by atoms with Crippen LogP contribution in [0.2, 0.25) is 32.2 Å². The Balaban J connectivity index is 3.40. The summed E-state index contributed by atoms with van der Waals surface area (Å²) in [6, 6.07) is 1.37. The summed E-state index contributed by atoms with van der Waals surface area (Å²) in [6.45, 7) is 11.5. The summed E-state index contributed by atoms with van der Waals surface area (Å²) >= 11 is 0. The summed E-state index contributed by atoms with van der Waals surface area (Å²) < 4.78 is 6.06. The van der Waals surface area contributed by atoms with Gasteiger partial charge in [-0.2, -0.15) is 0 Å². The molecule has 0 fully saturated rings. The third-order valence-corrected chi connectivity index (χ3v) is 7.43. The van der Waals surface area contributed by atoms with Gasteiger partial charge < -0.3 is 4.12 Å². The zero-order valence-electron chi connectivity index (χ0n) is 9.31. The van der Waals surface area contributed by atoms with Gasteiger partial charge in [0.25, 0.3) is 0 Å². The highest BCUT2D eigenvalue weighted by molar-refractivity contribution is 6.77. The fraction of sp³-hybridized carbons (Fsp3) is 1.00. The molecule has 12 heavy (non-hydrogen) atoms. The van der Waals surface area contributed by atoms with Crippen LogP contribution in [0.4, 0.5) is 0 Å². The Bertz CT molecular complexity index is 110. The van der Waals surface area contributed by atoms with Crippen LogP contribution in [0.25, 0.3) is 0 Å². The van der Waals surface area contributed by atoms with E-state index in [2.05, 4.69) is 33.1 Å². The summed E-state index contributed by atoms with van der Waals surface area (Å²) in [4.78, 5) is 0. The van der Waals surface area contributed by atoms with Crippen LogP contribution in [-0.4, -0.2) is 17.4 Å². The van der Waals surface area contributed by atoms with Crippen molar-refractivity contribution in [2.24, 2.45) is 0 Å². The van der Waals surface area contributed by atoms with E-state index < -0.39 is 17.4 Å². The Labute approximate surface area is 80.4 Å². The van der Waals surface area contributed by atoms with Crippen LogP contribution < -0.4 is 0 Å². The van der Waals surface area contributed by atoms with Gasteiger partial charge in [0.2, 0.25) is 0 Å². The molecule has 0 radical (unpaired) electrons. The first-order valence-electron chi connectivity index (χ1n) is 5.13. The third-order valence-electron chi connectivity index (χ3n) is 1.77. The molecule has 0 aliphatic heterocycles. The quantitative estimate of drug-likeness (QED) is 0.476. The van der Waals surface area contributed by atoms with Gasteiger partial charge in [-0.25, -0.2) is 0 Å². The molecule has 0 aromatic rings. The van der Waals surface area contributed by atoms with Gasteiger partial charge in [0.15, 0.2) is 17.4 Å². The first kappa shape index (κ1) is 12.4. The Morgan fingerprint density at radius 3 is 2.17 bits per heavy atom. The number of unbranched alkanes of at least 4 members (excludes halogenated alkanes) is 2. The zero-order valence-corrected chi connectivity index (χ0v) is 11.5. The Kier molecular flexibility index (Phi) is 6.14. The van der Waals surface area contributed by atoms with Gasteiger partial charge >= 0.3 is 0 Å². The van der Waals surface area contributed by atoms with Crippen LogP contribution in [-0.2, 0) is 4.12 Å². The molecule has 0 heterocycles. The van der Waals surface area contributed by atoms with Crippen molar-refractivity contribution in [3.05, 3.63) is 0 Å². The minimum atomic E-state index is -1.22. The van der Waals surface area contributed by atoms with E-state index in [9.17, 15) is 0 Å². The smallest absolute Gasteiger partial charge is 0.170 e. The lowest BCUT2D eigenvalue weighted by Gasteiger charge is -2.22. The summed E-state index contributed by atoms with van der Waals surface area (Å²) in [5, 5.41) is 0. The molecule has 0 aromatic carbocycles. The predicted octanol–water partition coefficient (Wildman–Crippen LogP) is 3.38. The highest BCUT2D eigenvalue weighted by Crippen LogP contribution is 2.10. The molecule has 0 saturated heterocycles. The average Bonchev–Trinajstić information content (AvgIpc) is 1.84. The molecule has 0 spiro atoms. The van der Waals surface area contributed by atoms with Gasteiger partial charge in [-0.05, 0) is 32.2 Å². The molecule has 0 aliphatic rings. The molecule has 1 atom stereocenters. The van der Waals surface area contributed by atoms with Gasteiger partial charge in [0.05, 0.1) is 0 Å². The van der Waals surface area contributed by atoms with Crippen molar-refractivity contribution in [2.45, 2.75) is 58.4 Å². The van der Waals surface area contributed by atoms with E-state index in [-0.39, 0.29) is 0 Å². The van der Waals surface area contributed by atoms with E-state index in [1.807, 2.05) is 0 Å². The van der Waals surface area contributed by atoms with E-state index >= 15 is 0 Å². The molecule has 3 heteroatoms. The SMILES string of the molecule is CCCCC[SiH](C)O[Si](C)(C)C. The summed E-state index contributed by atoms with van der Waals surface area (Å²) in [5.41, 5.74) is 0.